The summed E-state index contributed by atoms with van der Waals surface area (Å²) in [6.45, 7) is 15.5. The molecule has 1 aromatic carbocycles. The molecule has 0 radical (unpaired) electrons. The van der Waals surface area contributed by atoms with Crippen LogP contribution in [0.1, 0.15) is 96.3 Å². The van der Waals surface area contributed by atoms with Gasteiger partial charge in [-0.05, 0) is 111 Å². The minimum absolute atomic E-state index is 0.0365. The van der Waals surface area contributed by atoms with Gasteiger partial charge in [0.25, 0.3) is 0 Å². The summed E-state index contributed by atoms with van der Waals surface area (Å²) in [6.07, 6.45) is 16.3. The Morgan fingerprint density at radius 2 is 1.55 bits per heavy atom. The summed E-state index contributed by atoms with van der Waals surface area (Å²) in [5.41, 5.74) is 8.41. The van der Waals surface area contributed by atoms with Crippen LogP contribution >= 0.6 is 0 Å². The molecular weight excluding hydrogens is 352 g/mol. The van der Waals surface area contributed by atoms with Crippen molar-refractivity contribution in [2.75, 3.05) is 0 Å². The van der Waals surface area contributed by atoms with Crippen LogP contribution in [0.25, 0.3) is 0 Å². The Kier molecular flexibility index (Phi) is 8.80. The Hall–Kier alpha value is -1.76. The fourth-order valence-electron chi connectivity index (χ4n) is 4.21. The number of allylic oxidation sites excluding steroid dienone is 6. The molecule has 1 atom stereocenters. The molecule has 1 aliphatic rings. The lowest BCUT2D eigenvalue weighted by atomic mass is 9.87. The minimum atomic E-state index is -0.0365. The number of ether oxygens (including phenoxy) is 1. The summed E-state index contributed by atoms with van der Waals surface area (Å²) in [5, 5.41) is 0. The van der Waals surface area contributed by atoms with Gasteiger partial charge in [0.15, 0.2) is 0 Å². The average Bonchev–Trinajstić information content (AvgIpc) is 2.62. The van der Waals surface area contributed by atoms with Crippen LogP contribution < -0.4 is 4.74 Å². The lowest BCUT2D eigenvalue weighted by Gasteiger charge is -2.37. The van der Waals surface area contributed by atoms with Gasteiger partial charge in [-0.3, -0.25) is 0 Å². The molecule has 0 spiro atoms. The number of hydrogen-bond acceptors (Lipinski definition) is 1. The molecule has 2 rings (SSSR count). The Bertz CT molecular complexity index is 774. The monoisotopic (exact) mass is 394 g/mol. The minimum Gasteiger partial charge on any atom is -0.487 e. The Labute approximate surface area is 179 Å². The van der Waals surface area contributed by atoms with Gasteiger partial charge in [0.05, 0.1) is 0 Å². The molecule has 29 heavy (non-hydrogen) atoms. The lowest BCUT2D eigenvalue weighted by molar-refractivity contribution is 0.0563. The van der Waals surface area contributed by atoms with Crippen LogP contribution in [0.5, 0.6) is 5.75 Å². The largest absolute Gasteiger partial charge is 0.487 e. The zero-order valence-electron chi connectivity index (χ0n) is 20.0. The van der Waals surface area contributed by atoms with E-state index in [2.05, 4.69) is 78.8 Å². The van der Waals surface area contributed by atoms with Crippen molar-refractivity contribution in [2.45, 2.75) is 105 Å². The van der Waals surface area contributed by atoms with Gasteiger partial charge in [-0.1, -0.05) is 52.6 Å². The summed E-state index contributed by atoms with van der Waals surface area (Å²) in [5.74, 6) is 1.14. The molecule has 0 aliphatic carbocycles. The summed E-state index contributed by atoms with van der Waals surface area (Å²) in [6, 6.07) is 4.53. The molecule has 1 heterocycles. The Morgan fingerprint density at radius 3 is 2.21 bits per heavy atom. The molecule has 1 nitrogen and oxygen atoms in total. The van der Waals surface area contributed by atoms with E-state index in [-0.39, 0.29) is 5.60 Å². The van der Waals surface area contributed by atoms with Gasteiger partial charge in [-0.25, -0.2) is 0 Å². The third-order valence-corrected chi connectivity index (χ3v) is 6.06. The van der Waals surface area contributed by atoms with Crippen molar-refractivity contribution >= 4 is 0 Å². The molecule has 160 valence electrons. The van der Waals surface area contributed by atoms with Gasteiger partial charge in [0.2, 0.25) is 0 Å². The second kappa shape index (κ2) is 10.9. The number of hydrogen-bond donors (Lipinski definition) is 0. The molecule has 1 heteroatoms. The second-order valence-electron chi connectivity index (χ2n) is 9.62. The predicted molar refractivity (Wildman–Crippen MR) is 128 cm³/mol. The van der Waals surface area contributed by atoms with E-state index in [1.54, 1.807) is 0 Å². The van der Waals surface area contributed by atoms with E-state index in [9.17, 15) is 0 Å². The number of fused-ring (bicyclic) bond motifs is 1. The highest BCUT2D eigenvalue weighted by Crippen LogP contribution is 2.38. The van der Waals surface area contributed by atoms with Gasteiger partial charge in [0.1, 0.15) is 11.4 Å². The summed E-state index contributed by atoms with van der Waals surface area (Å²) >= 11 is 0. The maximum absolute atomic E-state index is 6.51. The van der Waals surface area contributed by atoms with Crippen molar-refractivity contribution in [2.24, 2.45) is 0 Å². The maximum Gasteiger partial charge on any atom is 0.126 e. The SMILES string of the molecule is CC(C)=CCC/C(C)=C/CC/C(C)=C/CC[C@]1(C)CCc2cc(C)cc(C)c2O1. The molecule has 0 amide bonds. The topological polar surface area (TPSA) is 9.23 Å². The average molecular weight is 395 g/mol. The van der Waals surface area contributed by atoms with Crippen LogP contribution in [0.15, 0.2) is 47.1 Å². The van der Waals surface area contributed by atoms with Crippen molar-refractivity contribution < 1.29 is 4.74 Å². The first-order chi connectivity index (χ1) is 13.7. The normalized spacial score (nSPS) is 19.6. The maximum atomic E-state index is 6.51. The van der Waals surface area contributed by atoms with E-state index in [1.165, 1.54) is 52.7 Å². The van der Waals surface area contributed by atoms with E-state index < -0.39 is 0 Å². The van der Waals surface area contributed by atoms with Crippen molar-refractivity contribution in [1.82, 2.24) is 0 Å². The highest BCUT2D eigenvalue weighted by Gasteiger charge is 2.31. The van der Waals surface area contributed by atoms with Crippen LogP contribution in [0.2, 0.25) is 0 Å². The highest BCUT2D eigenvalue weighted by atomic mass is 16.5. The first kappa shape index (κ1) is 23.5. The number of aryl methyl sites for hydroxylation is 3. The first-order valence-electron chi connectivity index (χ1n) is 11.4. The lowest BCUT2D eigenvalue weighted by Crippen LogP contribution is -2.36. The fourth-order valence-corrected chi connectivity index (χ4v) is 4.21. The third kappa shape index (κ3) is 7.88. The van der Waals surface area contributed by atoms with Crippen molar-refractivity contribution in [1.29, 1.82) is 0 Å². The van der Waals surface area contributed by atoms with Crippen LogP contribution in [-0.2, 0) is 6.42 Å². The molecule has 0 fully saturated rings. The predicted octanol–water partition coefficient (Wildman–Crippen LogP) is 8.59. The van der Waals surface area contributed by atoms with Gasteiger partial charge in [0, 0.05) is 0 Å². The summed E-state index contributed by atoms with van der Waals surface area (Å²) < 4.78 is 6.51. The molecule has 0 unspecified atom stereocenters. The van der Waals surface area contributed by atoms with Crippen LogP contribution in [0.3, 0.4) is 0 Å². The molecule has 1 aliphatic heterocycles. The second-order valence-corrected chi connectivity index (χ2v) is 9.62. The van der Waals surface area contributed by atoms with E-state index in [0.717, 1.165) is 37.9 Å². The fraction of sp³-hybridized carbons (Fsp3) is 0.571. The first-order valence-corrected chi connectivity index (χ1v) is 11.4. The van der Waals surface area contributed by atoms with Crippen LogP contribution in [-0.4, -0.2) is 5.60 Å². The van der Waals surface area contributed by atoms with Gasteiger partial charge < -0.3 is 4.74 Å². The molecule has 0 N–H and O–H groups in total. The Morgan fingerprint density at radius 1 is 0.931 bits per heavy atom. The quantitative estimate of drug-likeness (QED) is 0.381. The van der Waals surface area contributed by atoms with E-state index in [1.807, 2.05) is 0 Å². The number of rotatable bonds is 9. The smallest absolute Gasteiger partial charge is 0.126 e. The van der Waals surface area contributed by atoms with Crippen LogP contribution in [0.4, 0.5) is 0 Å². The van der Waals surface area contributed by atoms with E-state index in [4.69, 9.17) is 4.74 Å². The van der Waals surface area contributed by atoms with Crippen molar-refractivity contribution in [3.05, 3.63) is 63.8 Å². The van der Waals surface area contributed by atoms with Crippen molar-refractivity contribution in [3.8, 4) is 5.75 Å². The standard InChI is InChI=1S/C28H42O/c1-21(2)11-8-12-22(3)13-9-14-23(4)15-10-17-28(7)18-16-26-20-24(5)19-25(6)27(26)29-28/h11,13,15,19-20H,8-10,12,14,16-18H2,1-7H3/b22-13+,23-15+/t28-/m1/s1. The molecule has 0 saturated heterocycles. The van der Waals surface area contributed by atoms with Gasteiger partial charge in [-0.15, -0.1) is 0 Å². The van der Waals surface area contributed by atoms with Crippen LogP contribution in [0, 0.1) is 13.8 Å². The van der Waals surface area contributed by atoms with Crippen molar-refractivity contribution in [3.63, 3.8) is 0 Å². The molecule has 0 saturated carbocycles. The summed E-state index contributed by atoms with van der Waals surface area (Å²) in [4.78, 5) is 0. The van der Waals surface area contributed by atoms with Gasteiger partial charge in [-0.2, -0.15) is 0 Å². The summed E-state index contributed by atoms with van der Waals surface area (Å²) in [7, 11) is 0. The highest BCUT2D eigenvalue weighted by molar-refractivity contribution is 5.45. The number of benzene rings is 1. The molecule has 1 aromatic rings. The zero-order chi connectivity index (χ0) is 21.4. The van der Waals surface area contributed by atoms with Gasteiger partial charge >= 0.3 is 0 Å². The Balaban J connectivity index is 1.79. The molecular formula is C28H42O. The molecule has 0 aromatic heterocycles. The van der Waals surface area contributed by atoms with E-state index >= 15 is 0 Å². The van der Waals surface area contributed by atoms with E-state index in [0.29, 0.717) is 0 Å². The third-order valence-electron chi connectivity index (χ3n) is 6.06. The zero-order valence-corrected chi connectivity index (χ0v) is 20.0. The molecule has 0 bridgehead atoms.